The maximum absolute atomic E-state index is 4.11. The van der Waals surface area contributed by atoms with Gasteiger partial charge in [0.25, 0.3) is 0 Å². The molecule has 0 spiro atoms. The molecule has 0 atom stereocenters. The average molecular weight is 225 g/mol. The molecular formula is C11H23N5. The summed E-state index contributed by atoms with van der Waals surface area (Å²) < 4.78 is 1.92. The van der Waals surface area contributed by atoms with Crippen LogP contribution in [-0.4, -0.2) is 46.6 Å². The molecule has 5 nitrogen and oxygen atoms in total. The summed E-state index contributed by atoms with van der Waals surface area (Å²) >= 11 is 0. The van der Waals surface area contributed by atoms with E-state index in [2.05, 4.69) is 41.4 Å². The molecule has 0 fully saturated rings. The van der Waals surface area contributed by atoms with Crippen LogP contribution in [0.2, 0.25) is 0 Å². The predicted molar refractivity (Wildman–Crippen MR) is 65.2 cm³/mol. The van der Waals surface area contributed by atoms with Crippen molar-refractivity contribution in [2.75, 3.05) is 26.7 Å². The highest BCUT2D eigenvalue weighted by Gasteiger charge is 2.01. The summed E-state index contributed by atoms with van der Waals surface area (Å²) in [7, 11) is 2.14. The Kier molecular flexibility index (Phi) is 6.03. The summed E-state index contributed by atoms with van der Waals surface area (Å²) in [5.41, 5.74) is 1.01. The Hall–Kier alpha value is -0.940. The fourth-order valence-corrected chi connectivity index (χ4v) is 1.55. The van der Waals surface area contributed by atoms with Crippen molar-refractivity contribution < 1.29 is 0 Å². The van der Waals surface area contributed by atoms with Gasteiger partial charge < -0.3 is 10.2 Å². The van der Waals surface area contributed by atoms with E-state index in [1.54, 1.807) is 0 Å². The second-order valence-corrected chi connectivity index (χ2v) is 4.06. The van der Waals surface area contributed by atoms with E-state index in [1.165, 1.54) is 6.42 Å². The van der Waals surface area contributed by atoms with Gasteiger partial charge in [-0.1, -0.05) is 19.1 Å². The zero-order valence-electron chi connectivity index (χ0n) is 10.6. The lowest BCUT2D eigenvalue weighted by molar-refractivity contribution is 0.311. The van der Waals surface area contributed by atoms with Crippen molar-refractivity contribution in [1.29, 1.82) is 0 Å². The molecule has 1 aromatic rings. The van der Waals surface area contributed by atoms with Gasteiger partial charge in [0.1, 0.15) is 0 Å². The number of likely N-dealkylation sites (N-methyl/N-ethyl adjacent to an activating group) is 1. The Bertz CT molecular complexity index is 284. The van der Waals surface area contributed by atoms with Crippen LogP contribution in [0.15, 0.2) is 6.20 Å². The molecule has 1 heterocycles. The molecule has 1 aromatic heterocycles. The monoisotopic (exact) mass is 225 g/mol. The van der Waals surface area contributed by atoms with Gasteiger partial charge in [-0.2, -0.15) is 0 Å². The van der Waals surface area contributed by atoms with Crippen LogP contribution in [0, 0.1) is 0 Å². The van der Waals surface area contributed by atoms with Crippen LogP contribution in [0.25, 0.3) is 0 Å². The number of nitrogens with zero attached hydrogens (tertiary/aromatic N) is 4. The number of rotatable bonds is 8. The van der Waals surface area contributed by atoms with Gasteiger partial charge >= 0.3 is 0 Å². The molecule has 0 bridgehead atoms. The Labute approximate surface area is 97.8 Å². The molecule has 16 heavy (non-hydrogen) atoms. The predicted octanol–water partition coefficient (Wildman–Crippen LogP) is 0.729. The molecule has 0 aromatic carbocycles. The third kappa shape index (κ3) is 4.72. The molecule has 0 amide bonds. The minimum atomic E-state index is 0.807. The molecule has 1 N–H and O–H groups in total. The van der Waals surface area contributed by atoms with E-state index in [0.29, 0.717) is 0 Å². The number of hydrogen-bond acceptors (Lipinski definition) is 4. The minimum absolute atomic E-state index is 0.807. The molecule has 0 aliphatic carbocycles. The topological polar surface area (TPSA) is 46.0 Å². The van der Waals surface area contributed by atoms with E-state index in [0.717, 1.165) is 38.4 Å². The van der Waals surface area contributed by atoms with Gasteiger partial charge in [0.2, 0.25) is 0 Å². The summed E-state index contributed by atoms with van der Waals surface area (Å²) in [6.07, 6.45) is 3.21. The Balaban J connectivity index is 2.28. The quantitative estimate of drug-likeness (QED) is 0.708. The second-order valence-electron chi connectivity index (χ2n) is 4.06. The highest BCUT2D eigenvalue weighted by Crippen LogP contribution is 1.94. The fraction of sp³-hybridized carbons (Fsp3) is 0.818. The Morgan fingerprint density at radius 3 is 2.88 bits per heavy atom. The number of hydrogen-bond donors (Lipinski definition) is 1. The minimum Gasteiger partial charge on any atom is -0.311 e. The zero-order chi connectivity index (χ0) is 11.8. The molecule has 0 saturated heterocycles. The van der Waals surface area contributed by atoms with Crippen LogP contribution in [0.3, 0.4) is 0 Å². The maximum atomic E-state index is 4.11. The van der Waals surface area contributed by atoms with Crippen molar-refractivity contribution >= 4 is 0 Å². The third-order valence-electron chi connectivity index (χ3n) is 2.46. The van der Waals surface area contributed by atoms with E-state index < -0.39 is 0 Å². The van der Waals surface area contributed by atoms with Crippen molar-refractivity contribution in [3.8, 4) is 0 Å². The first kappa shape index (κ1) is 13.1. The van der Waals surface area contributed by atoms with Gasteiger partial charge in [0.05, 0.1) is 12.2 Å². The lowest BCUT2D eigenvalue weighted by Crippen LogP contribution is -2.24. The van der Waals surface area contributed by atoms with Gasteiger partial charge in [0.15, 0.2) is 0 Å². The SMILES string of the molecule is CCCN(C)CCn1cc(CNCC)nn1. The molecule has 5 heteroatoms. The third-order valence-corrected chi connectivity index (χ3v) is 2.46. The van der Waals surface area contributed by atoms with Gasteiger partial charge in [-0.15, -0.1) is 5.10 Å². The molecular weight excluding hydrogens is 202 g/mol. The van der Waals surface area contributed by atoms with E-state index in [9.17, 15) is 0 Å². The van der Waals surface area contributed by atoms with Crippen LogP contribution >= 0.6 is 0 Å². The van der Waals surface area contributed by atoms with Crippen LogP contribution in [-0.2, 0) is 13.1 Å². The Morgan fingerprint density at radius 2 is 2.19 bits per heavy atom. The highest BCUT2D eigenvalue weighted by atomic mass is 15.4. The van der Waals surface area contributed by atoms with Crippen molar-refractivity contribution in [2.45, 2.75) is 33.4 Å². The smallest absolute Gasteiger partial charge is 0.0964 e. The van der Waals surface area contributed by atoms with Crippen molar-refractivity contribution in [2.24, 2.45) is 0 Å². The first-order valence-electron chi connectivity index (χ1n) is 6.04. The summed E-state index contributed by atoms with van der Waals surface area (Å²) in [4.78, 5) is 2.31. The van der Waals surface area contributed by atoms with Crippen molar-refractivity contribution in [1.82, 2.24) is 25.2 Å². The van der Waals surface area contributed by atoms with Crippen LogP contribution < -0.4 is 5.32 Å². The highest BCUT2D eigenvalue weighted by molar-refractivity contribution is 4.91. The molecule has 0 aliphatic rings. The van der Waals surface area contributed by atoms with Crippen LogP contribution in [0.1, 0.15) is 26.0 Å². The van der Waals surface area contributed by atoms with Gasteiger partial charge in [-0.05, 0) is 26.6 Å². The number of nitrogens with one attached hydrogen (secondary N) is 1. The van der Waals surface area contributed by atoms with Crippen LogP contribution in [0.4, 0.5) is 0 Å². The summed E-state index contributed by atoms with van der Waals surface area (Å²) in [6, 6.07) is 0. The number of aromatic nitrogens is 3. The van der Waals surface area contributed by atoms with E-state index in [1.807, 2.05) is 10.9 Å². The van der Waals surface area contributed by atoms with Gasteiger partial charge in [-0.25, -0.2) is 0 Å². The molecule has 0 saturated carbocycles. The lowest BCUT2D eigenvalue weighted by atomic mass is 10.4. The standard InChI is InChI=1S/C11H23N5/c1-4-6-15(3)7-8-16-10-11(13-14-16)9-12-5-2/h10,12H,4-9H2,1-3H3. The average Bonchev–Trinajstić information content (AvgIpc) is 2.72. The molecule has 92 valence electrons. The summed E-state index contributed by atoms with van der Waals surface area (Å²) in [5.74, 6) is 0. The molecule has 0 radical (unpaired) electrons. The normalized spacial score (nSPS) is 11.2. The fourth-order valence-electron chi connectivity index (χ4n) is 1.55. The van der Waals surface area contributed by atoms with Crippen LogP contribution in [0.5, 0.6) is 0 Å². The first-order chi connectivity index (χ1) is 7.76. The first-order valence-corrected chi connectivity index (χ1v) is 6.04. The molecule has 0 unspecified atom stereocenters. The molecule has 0 aliphatic heterocycles. The zero-order valence-corrected chi connectivity index (χ0v) is 10.6. The van der Waals surface area contributed by atoms with E-state index in [-0.39, 0.29) is 0 Å². The maximum Gasteiger partial charge on any atom is 0.0964 e. The largest absolute Gasteiger partial charge is 0.311 e. The van der Waals surface area contributed by atoms with Gasteiger partial charge in [-0.3, -0.25) is 4.68 Å². The van der Waals surface area contributed by atoms with Crippen molar-refractivity contribution in [3.63, 3.8) is 0 Å². The Morgan fingerprint density at radius 1 is 1.38 bits per heavy atom. The summed E-state index contributed by atoms with van der Waals surface area (Å²) in [6.45, 7) is 9.13. The lowest BCUT2D eigenvalue weighted by Gasteiger charge is -2.14. The van der Waals surface area contributed by atoms with Crippen molar-refractivity contribution in [3.05, 3.63) is 11.9 Å². The molecule has 1 rings (SSSR count). The van der Waals surface area contributed by atoms with E-state index in [4.69, 9.17) is 0 Å². The van der Waals surface area contributed by atoms with E-state index >= 15 is 0 Å². The second kappa shape index (κ2) is 7.35. The summed E-state index contributed by atoms with van der Waals surface area (Å²) in [5, 5.41) is 11.4. The van der Waals surface area contributed by atoms with Gasteiger partial charge in [0, 0.05) is 19.3 Å².